The largest absolute Gasteiger partial charge is 0.462 e. The van der Waals surface area contributed by atoms with Gasteiger partial charge in [0.1, 0.15) is 23.9 Å². The van der Waals surface area contributed by atoms with E-state index in [4.69, 9.17) is 9.47 Å². The third kappa shape index (κ3) is 4.93. The van der Waals surface area contributed by atoms with Crippen molar-refractivity contribution in [3.05, 3.63) is 52.9 Å². The summed E-state index contributed by atoms with van der Waals surface area (Å²) in [6.07, 6.45) is 0. The molecule has 9 heteroatoms. The Labute approximate surface area is 160 Å². The van der Waals surface area contributed by atoms with Gasteiger partial charge in [-0.3, -0.25) is 9.59 Å². The molecule has 0 fully saturated rings. The van der Waals surface area contributed by atoms with Crippen molar-refractivity contribution in [2.24, 2.45) is 0 Å². The molecule has 0 aliphatic rings. The van der Waals surface area contributed by atoms with Crippen LogP contribution in [0.4, 0.5) is 14.5 Å². The van der Waals surface area contributed by atoms with E-state index in [0.29, 0.717) is 17.0 Å². The zero-order valence-corrected chi connectivity index (χ0v) is 15.7. The number of nitrogens with one attached hydrogen (secondary N) is 1. The van der Waals surface area contributed by atoms with Crippen LogP contribution in [0.15, 0.2) is 24.3 Å². The minimum atomic E-state index is -0.940. The number of aryl methyl sites for hydroxylation is 1. The van der Waals surface area contributed by atoms with Crippen molar-refractivity contribution in [1.29, 1.82) is 0 Å². The van der Waals surface area contributed by atoms with Gasteiger partial charge in [0, 0.05) is 11.4 Å². The van der Waals surface area contributed by atoms with E-state index in [-0.39, 0.29) is 13.2 Å². The van der Waals surface area contributed by atoms with Gasteiger partial charge in [-0.15, -0.1) is 0 Å². The number of carbonyl (C=O) groups excluding carboxylic acids is 3. The summed E-state index contributed by atoms with van der Waals surface area (Å²) in [6, 6.07) is 4.73. The highest BCUT2D eigenvalue weighted by molar-refractivity contribution is 5.93. The van der Waals surface area contributed by atoms with Crippen molar-refractivity contribution >= 4 is 23.5 Å². The summed E-state index contributed by atoms with van der Waals surface area (Å²) in [5, 5.41) is 2.02. The highest BCUT2D eigenvalue weighted by Crippen LogP contribution is 2.18. The minimum Gasteiger partial charge on any atom is -0.462 e. The lowest BCUT2D eigenvalue weighted by Gasteiger charge is -2.11. The second-order valence-corrected chi connectivity index (χ2v) is 5.90. The summed E-state index contributed by atoms with van der Waals surface area (Å²) in [5.41, 5.74) is 0.876. The first-order valence-electron chi connectivity index (χ1n) is 8.47. The number of carbonyl (C=O) groups is 3. The average molecular weight is 394 g/mol. The molecule has 150 valence electrons. The number of hydrogen-bond donors (Lipinski definition) is 1. The van der Waals surface area contributed by atoms with E-state index in [9.17, 15) is 23.2 Å². The lowest BCUT2D eigenvalue weighted by molar-refractivity contribution is -0.147. The number of esters is 2. The van der Waals surface area contributed by atoms with Crippen LogP contribution in [0, 0.1) is 25.5 Å². The highest BCUT2D eigenvalue weighted by Gasteiger charge is 2.19. The van der Waals surface area contributed by atoms with Gasteiger partial charge in [-0.25, -0.2) is 13.6 Å². The van der Waals surface area contributed by atoms with Gasteiger partial charge in [0.05, 0.1) is 12.2 Å². The Morgan fingerprint density at radius 2 is 1.75 bits per heavy atom. The Bertz CT molecular complexity index is 888. The number of rotatable bonds is 7. The smallest absolute Gasteiger partial charge is 0.339 e. The molecule has 7 nitrogen and oxygen atoms in total. The van der Waals surface area contributed by atoms with E-state index >= 15 is 0 Å². The highest BCUT2D eigenvalue weighted by atomic mass is 19.1. The summed E-state index contributed by atoms with van der Waals surface area (Å²) >= 11 is 0. The number of halogens is 2. The van der Waals surface area contributed by atoms with Crippen LogP contribution in [0.3, 0.4) is 0 Å². The van der Waals surface area contributed by atoms with Crippen LogP contribution >= 0.6 is 0 Å². The normalized spacial score (nSPS) is 10.5. The molecule has 0 unspecified atom stereocenters. The quantitative estimate of drug-likeness (QED) is 0.730. The van der Waals surface area contributed by atoms with Gasteiger partial charge < -0.3 is 19.4 Å². The van der Waals surface area contributed by atoms with Gasteiger partial charge in [0.25, 0.3) is 5.91 Å². The topological polar surface area (TPSA) is 86.6 Å². The van der Waals surface area contributed by atoms with Crippen molar-refractivity contribution in [1.82, 2.24) is 4.57 Å². The van der Waals surface area contributed by atoms with Crippen molar-refractivity contribution in [2.45, 2.75) is 27.3 Å². The van der Waals surface area contributed by atoms with Crippen molar-refractivity contribution in [2.75, 3.05) is 18.5 Å². The maximum Gasteiger partial charge on any atom is 0.339 e. The summed E-state index contributed by atoms with van der Waals surface area (Å²) in [5.74, 6) is -4.01. The molecule has 1 amide bonds. The van der Waals surface area contributed by atoms with E-state index in [1.54, 1.807) is 31.4 Å². The molecule has 0 saturated carbocycles. The Morgan fingerprint density at radius 3 is 2.36 bits per heavy atom. The molecule has 1 aromatic heterocycles. The lowest BCUT2D eigenvalue weighted by Crippen LogP contribution is -2.24. The summed E-state index contributed by atoms with van der Waals surface area (Å²) in [7, 11) is 0. The van der Waals surface area contributed by atoms with Crippen molar-refractivity contribution in [3.63, 3.8) is 0 Å². The molecular weight excluding hydrogens is 374 g/mol. The zero-order chi connectivity index (χ0) is 20.8. The first-order chi connectivity index (χ1) is 13.2. The number of amides is 1. The Balaban J connectivity index is 1.96. The predicted molar refractivity (Wildman–Crippen MR) is 95.8 cm³/mol. The van der Waals surface area contributed by atoms with E-state index in [2.05, 4.69) is 0 Å². The second kappa shape index (κ2) is 9.12. The zero-order valence-electron chi connectivity index (χ0n) is 15.7. The molecule has 0 aliphatic carbocycles. The van der Waals surface area contributed by atoms with E-state index in [0.717, 1.165) is 18.2 Å². The third-order valence-electron chi connectivity index (χ3n) is 3.95. The molecule has 2 rings (SSSR count). The van der Waals surface area contributed by atoms with E-state index in [1.807, 2.05) is 5.32 Å². The van der Waals surface area contributed by atoms with Gasteiger partial charge in [0.2, 0.25) is 0 Å². The molecule has 1 N–H and O–H groups in total. The summed E-state index contributed by atoms with van der Waals surface area (Å²) < 4.78 is 38.4. The van der Waals surface area contributed by atoms with Gasteiger partial charge >= 0.3 is 11.9 Å². The minimum absolute atomic E-state index is 0.224. The van der Waals surface area contributed by atoms with Crippen LogP contribution in [0.2, 0.25) is 0 Å². The molecule has 0 radical (unpaired) electrons. The molecule has 0 bridgehead atoms. The molecule has 1 aromatic carbocycles. The van der Waals surface area contributed by atoms with Crippen LogP contribution < -0.4 is 5.32 Å². The van der Waals surface area contributed by atoms with Crippen LogP contribution in [0.25, 0.3) is 0 Å². The van der Waals surface area contributed by atoms with E-state index in [1.165, 1.54) is 0 Å². The lowest BCUT2D eigenvalue weighted by atomic mass is 10.2. The standard InChI is InChI=1S/C19H20F2N2O5/c1-4-27-19(26)13-8-11(2)23(12(13)3)9-17(25)28-10-16(24)22-18-14(20)6-5-7-15(18)21/h5-8H,4,9-10H2,1-3H3,(H,22,24). The van der Waals surface area contributed by atoms with Gasteiger partial charge in [0.15, 0.2) is 6.61 Å². The average Bonchev–Trinajstić information content (AvgIpc) is 2.91. The molecule has 0 atom stereocenters. The molecule has 28 heavy (non-hydrogen) atoms. The Morgan fingerprint density at radius 1 is 1.11 bits per heavy atom. The first-order valence-corrected chi connectivity index (χ1v) is 8.47. The maximum atomic E-state index is 13.5. The molecule has 0 spiro atoms. The summed E-state index contributed by atoms with van der Waals surface area (Å²) in [4.78, 5) is 35.7. The SMILES string of the molecule is CCOC(=O)c1cc(C)n(CC(=O)OCC(=O)Nc2c(F)cccc2F)c1C. The van der Waals surface area contributed by atoms with Gasteiger partial charge in [-0.05, 0) is 39.0 Å². The van der Waals surface area contributed by atoms with Crippen LogP contribution in [0.5, 0.6) is 0 Å². The number of hydrogen-bond acceptors (Lipinski definition) is 5. The Hall–Kier alpha value is -3.23. The maximum absolute atomic E-state index is 13.5. The monoisotopic (exact) mass is 394 g/mol. The fourth-order valence-electron chi connectivity index (χ4n) is 2.57. The number of benzene rings is 1. The third-order valence-corrected chi connectivity index (χ3v) is 3.95. The number of ether oxygens (including phenoxy) is 2. The van der Waals surface area contributed by atoms with Crippen LogP contribution in [0.1, 0.15) is 28.7 Å². The number of aromatic nitrogens is 1. The van der Waals surface area contributed by atoms with Gasteiger partial charge in [-0.1, -0.05) is 6.07 Å². The van der Waals surface area contributed by atoms with Crippen molar-refractivity contribution in [3.8, 4) is 0 Å². The Kier molecular flexibility index (Phi) is 6.86. The predicted octanol–water partition coefficient (Wildman–Crippen LogP) is 2.74. The van der Waals surface area contributed by atoms with E-state index < -0.39 is 41.8 Å². The molecule has 1 heterocycles. The number of anilines is 1. The molecule has 0 saturated heterocycles. The fourth-order valence-corrected chi connectivity index (χ4v) is 2.57. The first kappa shape index (κ1) is 21.1. The van der Waals surface area contributed by atoms with Gasteiger partial charge in [-0.2, -0.15) is 0 Å². The number of nitrogens with zero attached hydrogens (tertiary/aromatic N) is 1. The van der Waals surface area contributed by atoms with Crippen molar-refractivity contribution < 1.29 is 32.6 Å². The molecule has 0 aliphatic heterocycles. The van der Waals surface area contributed by atoms with Crippen LogP contribution in [-0.2, 0) is 25.6 Å². The fraction of sp³-hybridized carbons (Fsp3) is 0.316. The summed E-state index contributed by atoms with van der Waals surface area (Å²) in [6.45, 7) is 4.32. The second-order valence-electron chi connectivity index (χ2n) is 5.90. The molecular formula is C19H20F2N2O5. The van der Waals surface area contributed by atoms with Crippen LogP contribution in [-0.4, -0.2) is 35.6 Å². The number of para-hydroxylation sites is 1. The molecule has 2 aromatic rings.